The molecule has 72 valence electrons. The maximum atomic E-state index is 13.0. The molecule has 0 saturated heterocycles. The number of methoxy groups -OCH3 is 1. The van der Waals surface area contributed by atoms with Gasteiger partial charge in [0.2, 0.25) is 0 Å². The number of rotatable bonds is 3. The van der Waals surface area contributed by atoms with Crippen molar-refractivity contribution in [2.75, 3.05) is 13.7 Å². The van der Waals surface area contributed by atoms with E-state index in [2.05, 4.69) is 15.9 Å². The third-order valence-corrected chi connectivity index (χ3v) is 2.20. The first kappa shape index (κ1) is 10.4. The Hall–Kier alpha value is -0.680. The van der Waals surface area contributed by atoms with Crippen molar-refractivity contribution in [1.82, 2.24) is 4.57 Å². The number of halogens is 2. The van der Waals surface area contributed by atoms with E-state index in [0.29, 0.717) is 11.1 Å². The van der Waals surface area contributed by atoms with Gasteiger partial charge >= 0.3 is 0 Å². The van der Waals surface area contributed by atoms with Crippen molar-refractivity contribution in [1.29, 1.82) is 0 Å². The second kappa shape index (κ2) is 4.53. The van der Waals surface area contributed by atoms with Gasteiger partial charge in [0.25, 0.3) is 5.56 Å². The van der Waals surface area contributed by atoms with Gasteiger partial charge in [0.1, 0.15) is 0 Å². The van der Waals surface area contributed by atoms with Crippen LogP contribution in [0.4, 0.5) is 4.39 Å². The van der Waals surface area contributed by atoms with Gasteiger partial charge in [-0.15, -0.1) is 0 Å². The summed E-state index contributed by atoms with van der Waals surface area (Å²) in [6.45, 7) is 0.536. The summed E-state index contributed by atoms with van der Waals surface area (Å²) < 4.78 is 19.2. The van der Waals surface area contributed by atoms with Crippen LogP contribution < -0.4 is 5.56 Å². The Labute approximate surface area is 83.3 Å². The highest BCUT2D eigenvalue weighted by Crippen LogP contribution is 2.03. The fraction of sp³-hybridized carbons (Fsp3) is 0.375. The van der Waals surface area contributed by atoms with Crippen LogP contribution in [0.5, 0.6) is 0 Å². The quantitative estimate of drug-likeness (QED) is 0.759. The van der Waals surface area contributed by atoms with Crippen molar-refractivity contribution < 1.29 is 9.13 Å². The smallest absolute Gasteiger partial charge is 0.267 e. The monoisotopic (exact) mass is 249 g/mol. The number of pyridine rings is 1. The van der Waals surface area contributed by atoms with Crippen molar-refractivity contribution in [3.05, 3.63) is 32.9 Å². The van der Waals surface area contributed by atoms with Gasteiger partial charge in [0.05, 0.1) is 17.6 Å². The molecule has 0 aliphatic rings. The lowest BCUT2D eigenvalue weighted by Crippen LogP contribution is -2.25. The number of aromatic nitrogens is 1. The standard InChI is InChI=1S/C8H9BrFNO2/c1-13-5-4-11-7(10)3-2-6(9)8(11)12/h2-3H,4-5H2,1H3. The molecule has 0 aliphatic carbocycles. The van der Waals surface area contributed by atoms with E-state index in [0.717, 1.165) is 4.57 Å². The summed E-state index contributed by atoms with van der Waals surface area (Å²) in [5, 5.41) is 0. The molecule has 1 rings (SSSR count). The highest BCUT2D eigenvalue weighted by atomic mass is 79.9. The molecular weight excluding hydrogens is 241 g/mol. The van der Waals surface area contributed by atoms with Gasteiger partial charge in [-0.25, -0.2) is 0 Å². The van der Waals surface area contributed by atoms with Crippen LogP contribution in [0.25, 0.3) is 0 Å². The highest BCUT2D eigenvalue weighted by Gasteiger charge is 2.05. The Morgan fingerprint density at radius 1 is 1.62 bits per heavy atom. The molecule has 0 aliphatic heterocycles. The summed E-state index contributed by atoms with van der Waals surface area (Å²) in [5.41, 5.74) is -0.378. The van der Waals surface area contributed by atoms with Crippen LogP contribution in [0.3, 0.4) is 0 Å². The average Bonchev–Trinajstić information content (AvgIpc) is 2.12. The number of hydrogen-bond donors (Lipinski definition) is 0. The lowest BCUT2D eigenvalue weighted by Gasteiger charge is -2.06. The lowest BCUT2D eigenvalue weighted by atomic mass is 10.4. The van der Waals surface area contributed by atoms with E-state index in [-0.39, 0.29) is 12.1 Å². The summed E-state index contributed by atoms with van der Waals surface area (Å²) in [4.78, 5) is 11.3. The lowest BCUT2D eigenvalue weighted by molar-refractivity contribution is 0.181. The fourth-order valence-electron chi connectivity index (χ4n) is 0.920. The molecule has 0 bridgehead atoms. The molecule has 1 heterocycles. The molecule has 0 saturated carbocycles. The Balaban J connectivity index is 3.03. The van der Waals surface area contributed by atoms with E-state index in [1.807, 2.05) is 0 Å². The second-order valence-electron chi connectivity index (χ2n) is 2.45. The SMILES string of the molecule is COCCn1c(F)ccc(Br)c1=O. The zero-order valence-electron chi connectivity index (χ0n) is 7.09. The molecule has 0 fully saturated rings. The normalized spacial score (nSPS) is 10.4. The molecule has 0 aromatic carbocycles. The van der Waals surface area contributed by atoms with Crippen molar-refractivity contribution in [2.24, 2.45) is 0 Å². The van der Waals surface area contributed by atoms with Crippen LogP contribution in [-0.4, -0.2) is 18.3 Å². The van der Waals surface area contributed by atoms with Gasteiger partial charge in [-0.1, -0.05) is 0 Å². The van der Waals surface area contributed by atoms with Crippen molar-refractivity contribution in [3.63, 3.8) is 0 Å². The molecule has 1 aromatic heterocycles. The topological polar surface area (TPSA) is 31.2 Å². The Morgan fingerprint density at radius 2 is 2.31 bits per heavy atom. The molecule has 3 nitrogen and oxygen atoms in total. The van der Waals surface area contributed by atoms with Gasteiger partial charge in [-0.05, 0) is 28.1 Å². The van der Waals surface area contributed by atoms with E-state index in [1.165, 1.54) is 19.2 Å². The first-order valence-corrected chi connectivity index (χ1v) is 4.50. The van der Waals surface area contributed by atoms with Crippen LogP contribution in [0.15, 0.2) is 21.4 Å². The molecule has 0 unspecified atom stereocenters. The highest BCUT2D eigenvalue weighted by molar-refractivity contribution is 9.10. The summed E-state index contributed by atoms with van der Waals surface area (Å²) in [6.07, 6.45) is 0. The van der Waals surface area contributed by atoms with Crippen molar-refractivity contribution in [2.45, 2.75) is 6.54 Å². The minimum atomic E-state index is -0.551. The van der Waals surface area contributed by atoms with Crippen LogP contribution in [0.1, 0.15) is 0 Å². The minimum absolute atomic E-state index is 0.223. The largest absolute Gasteiger partial charge is 0.383 e. The molecule has 0 N–H and O–H groups in total. The number of hydrogen-bond acceptors (Lipinski definition) is 2. The fourth-order valence-corrected chi connectivity index (χ4v) is 1.27. The van der Waals surface area contributed by atoms with E-state index in [9.17, 15) is 9.18 Å². The van der Waals surface area contributed by atoms with Crippen LogP contribution in [0.2, 0.25) is 0 Å². The Bertz CT molecular complexity index is 350. The van der Waals surface area contributed by atoms with Crippen molar-refractivity contribution >= 4 is 15.9 Å². The molecule has 1 aromatic rings. The second-order valence-corrected chi connectivity index (χ2v) is 3.31. The third-order valence-electron chi connectivity index (χ3n) is 1.59. The molecular formula is C8H9BrFNO2. The Morgan fingerprint density at radius 3 is 2.92 bits per heavy atom. The number of ether oxygens (including phenoxy) is 1. The first-order valence-electron chi connectivity index (χ1n) is 3.70. The van der Waals surface area contributed by atoms with Gasteiger partial charge in [0.15, 0.2) is 5.95 Å². The summed E-state index contributed by atoms with van der Waals surface area (Å²) in [7, 11) is 1.50. The van der Waals surface area contributed by atoms with Gasteiger partial charge in [-0.3, -0.25) is 9.36 Å². The predicted molar refractivity (Wildman–Crippen MR) is 50.2 cm³/mol. The minimum Gasteiger partial charge on any atom is -0.383 e. The average molecular weight is 250 g/mol. The predicted octanol–water partition coefficient (Wildman–Crippen LogP) is 1.40. The van der Waals surface area contributed by atoms with Gasteiger partial charge in [-0.2, -0.15) is 4.39 Å². The summed E-state index contributed by atoms with van der Waals surface area (Å²) in [6, 6.07) is 2.63. The van der Waals surface area contributed by atoms with E-state index in [1.54, 1.807) is 0 Å². The Kier molecular flexibility index (Phi) is 3.62. The molecule has 0 atom stereocenters. The molecule has 0 radical (unpaired) electrons. The van der Waals surface area contributed by atoms with Crippen LogP contribution in [0, 0.1) is 5.95 Å². The van der Waals surface area contributed by atoms with Crippen LogP contribution >= 0.6 is 15.9 Å². The maximum absolute atomic E-state index is 13.0. The molecule has 0 spiro atoms. The zero-order chi connectivity index (χ0) is 9.84. The zero-order valence-corrected chi connectivity index (χ0v) is 8.67. The first-order chi connectivity index (χ1) is 6.16. The van der Waals surface area contributed by atoms with E-state index < -0.39 is 5.95 Å². The maximum Gasteiger partial charge on any atom is 0.267 e. The molecule has 13 heavy (non-hydrogen) atoms. The van der Waals surface area contributed by atoms with E-state index in [4.69, 9.17) is 4.74 Å². The summed E-state index contributed by atoms with van der Waals surface area (Å²) in [5.74, 6) is -0.551. The molecule has 5 heteroatoms. The van der Waals surface area contributed by atoms with E-state index >= 15 is 0 Å². The van der Waals surface area contributed by atoms with Crippen LogP contribution in [-0.2, 0) is 11.3 Å². The number of nitrogens with zero attached hydrogens (tertiary/aromatic N) is 1. The molecule has 0 amide bonds. The van der Waals surface area contributed by atoms with Crippen molar-refractivity contribution in [3.8, 4) is 0 Å². The summed E-state index contributed by atoms with van der Waals surface area (Å²) >= 11 is 3.03. The van der Waals surface area contributed by atoms with Gasteiger partial charge < -0.3 is 4.74 Å². The third kappa shape index (κ3) is 2.38. The van der Waals surface area contributed by atoms with Gasteiger partial charge in [0, 0.05) is 7.11 Å².